The van der Waals surface area contributed by atoms with Gasteiger partial charge in [0.05, 0.1) is 11.6 Å². The van der Waals surface area contributed by atoms with E-state index in [1.54, 1.807) is 39.0 Å². The quantitative estimate of drug-likeness (QED) is 0.735. The first kappa shape index (κ1) is 22.5. The molecule has 2 N–H and O–H groups in total. The van der Waals surface area contributed by atoms with Gasteiger partial charge in [-0.05, 0) is 57.9 Å². The summed E-state index contributed by atoms with van der Waals surface area (Å²) in [5, 5.41) is 2.87. The summed E-state index contributed by atoms with van der Waals surface area (Å²) in [6.45, 7) is 7.79. The maximum Gasteiger partial charge on any atom is 0.243 e. The molecule has 1 atom stereocenters. The number of rotatable bonds is 6. The number of sulfonamides is 1. The number of para-hydroxylation sites is 1. The largest absolute Gasteiger partial charge is 0.325 e. The number of hydrogen-bond donors (Lipinski definition) is 2. The molecule has 6 nitrogen and oxygen atoms in total. The van der Waals surface area contributed by atoms with Crippen molar-refractivity contribution in [3.63, 3.8) is 0 Å². The van der Waals surface area contributed by atoms with Crippen molar-refractivity contribution in [2.24, 2.45) is 5.92 Å². The lowest BCUT2D eigenvalue weighted by atomic mass is 9.96. The molecule has 1 unspecified atom stereocenters. The number of benzene rings is 2. The lowest BCUT2D eigenvalue weighted by Gasteiger charge is -2.32. The number of nitrogens with one attached hydrogen (secondary N) is 2. The number of piperidine rings is 1. The molecule has 1 amide bonds. The Hall–Kier alpha value is -2.22. The van der Waals surface area contributed by atoms with Crippen LogP contribution in [-0.4, -0.2) is 37.9 Å². The third kappa shape index (κ3) is 6.14. The number of hydrogen-bond acceptors (Lipinski definition) is 4. The predicted molar refractivity (Wildman–Crippen MR) is 120 cm³/mol. The third-order valence-electron chi connectivity index (χ3n) is 5.00. The molecule has 1 aliphatic rings. The Morgan fingerprint density at radius 2 is 1.73 bits per heavy atom. The van der Waals surface area contributed by atoms with Crippen molar-refractivity contribution in [1.82, 2.24) is 9.62 Å². The zero-order valence-corrected chi connectivity index (χ0v) is 18.7. The number of likely N-dealkylation sites (tertiary alicyclic amines) is 1. The molecular weight excluding hydrogens is 398 g/mol. The molecular formula is C23H31N3O3S. The van der Waals surface area contributed by atoms with E-state index in [0.717, 1.165) is 25.9 Å². The van der Waals surface area contributed by atoms with Crippen LogP contribution < -0.4 is 10.0 Å². The zero-order valence-electron chi connectivity index (χ0n) is 17.9. The standard InChI is InChI=1S/C23H31N3O3S/c1-23(2,3)25-30(28,29)21-14-8-7-13-20(21)24-22(27)19-12-9-15-26(17-19)16-18-10-5-4-6-11-18/h4-8,10-11,13-14,19,25H,9,12,15-17H2,1-3H3,(H,24,27). The van der Waals surface area contributed by atoms with Crippen molar-refractivity contribution in [2.75, 3.05) is 18.4 Å². The van der Waals surface area contributed by atoms with Crippen LogP contribution in [0.1, 0.15) is 39.2 Å². The van der Waals surface area contributed by atoms with Crippen molar-refractivity contribution in [2.45, 2.75) is 50.6 Å². The summed E-state index contributed by atoms with van der Waals surface area (Å²) < 4.78 is 28.3. The number of carbonyl (C=O) groups is 1. The Bertz CT molecular complexity index is 969. The minimum absolute atomic E-state index is 0.0882. The zero-order chi connectivity index (χ0) is 21.8. The average molecular weight is 430 g/mol. The van der Waals surface area contributed by atoms with Crippen molar-refractivity contribution < 1.29 is 13.2 Å². The van der Waals surface area contributed by atoms with E-state index in [-0.39, 0.29) is 16.7 Å². The molecule has 0 saturated carbocycles. The molecule has 0 radical (unpaired) electrons. The molecule has 0 aliphatic carbocycles. The van der Waals surface area contributed by atoms with E-state index >= 15 is 0 Å². The van der Waals surface area contributed by atoms with E-state index in [1.165, 1.54) is 11.6 Å². The number of nitrogens with zero attached hydrogens (tertiary/aromatic N) is 1. The molecule has 162 valence electrons. The van der Waals surface area contributed by atoms with Gasteiger partial charge >= 0.3 is 0 Å². The number of carbonyl (C=O) groups excluding carboxylic acids is 1. The summed E-state index contributed by atoms with van der Waals surface area (Å²) in [5.41, 5.74) is 0.930. The Kier molecular flexibility index (Phi) is 6.95. The fourth-order valence-electron chi connectivity index (χ4n) is 3.75. The Morgan fingerprint density at radius 1 is 1.07 bits per heavy atom. The van der Waals surface area contributed by atoms with Crippen LogP contribution in [-0.2, 0) is 21.4 Å². The second-order valence-corrected chi connectivity index (χ2v) is 10.6. The fourth-order valence-corrected chi connectivity index (χ4v) is 5.33. The van der Waals surface area contributed by atoms with Gasteiger partial charge in [-0.3, -0.25) is 9.69 Å². The van der Waals surface area contributed by atoms with Gasteiger partial charge in [0.2, 0.25) is 15.9 Å². The van der Waals surface area contributed by atoms with Gasteiger partial charge in [0.1, 0.15) is 4.90 Å². The lowest BCUT2D eigenvalue weighted by molar-refractivity contribution is -0.121. The molecule has 0 aromatic heterocycles. The molecule has 7 heteroatoms. The number of amides is 1. The molecule has 2 aromatic rings. The maximum atomic E-state index is 13.0. The lowest BCUT2D eigenvalue weighted by Crippen LogP contribution is -2.41. The van der Waals surface area contributed by atoms with Crippen LogP contribution in [0.3, 0.4) is 0 Å². The van der Waals surface area contributed by atoms with Crippen LogP contribution in [0.15, 0.2) is 59.5 Å². The van der Waals surface area contributed by atoms with E-state index in [4.69, 9.17) is 0 Å². The summed E-state index contributed by atoms with van der Waals surface area (Å²) in [6, 6.07) is 16.8. The van der Waals surface area contributed by atoms with Crippen molar-refractivity contribution in [3.8, 4) is 0 Å². The molecule has 3 rings (SSSR count). The highest BCUT2D eigenvalue weighted by atomic mass is 32.2. The summed E-state index contributed by atoms with van der Waals surface area (Å²) in [7, 11) is -3.75. The van der Waals surface area contributed by atoms with E-state index in [1.807, 2.05) is 18.2 Å². The van der Waals surface area contributed by atoms with Crippen LogP contribution in [0.4, 0.5) is 5.69 Å². The van der Waals surface area contributed by atoms with Crippen LogP contribution in [0.5, 0.6) is 0 Å². The smallest absolute Gasteiger partial charge is 0.243 e. The van der Waals surface area contributed by atoms with Crippen LogP contribution in [0, 0.1) is 5.92 Å². The van der Waals surface area contributed by atoms with Gasteiger partial charge in [0.15, 0.2) is 0 Å². The fraction of sp³-hybridized carbons (Fsp3) is 0.435. The van der Waals surface area contributed by atoms with Gasteiger partial charge in [0, 0.05) is 18.6 Å². The second-order valence-electron chi connectivity index (χ2n) is 8.90. The molecule has 1 aliphatic heterocycles. The molecule has 2 aromatic carbocycles. The van der Waals surface area contributed by atoms with Crippen LogP contribution in [0.25, 0.3) is 0 Å². The molecule has 1 saturated heterocycles. The van der Waals surface area contributed by atoms with Crippen molar-refractivity contribution in [3.05, 3.63) is 60.2 Å². The molecule has 0 bridgehead atoms. The third-order valence-corrected chi connectivity index (χ3v) is 6.82. The SMILES string of the molecule is CC(C)(C)NS(=O)(=O)c1ccccc1NC(=O)C1CCCN(Cc2ccccc2)C1. The summed E-state index contributed by atoms with van der Waals surface area (Å²) >= 11 is 0. The monoisotopic (exact) mass is 429 g/mol. The first-order valence-corrected chi connectivity index (χ1v) is 11.8. The summed E-state index contributed by atoms with van der Waals surface area (Å²) in [6.07, 6.45) is 1.74. The van der Waals surface area contributed by atoms with Gasteiger partial charge in [-0.2, -0.15) is 0 Å². The van der Waals surface area contributed by atoms with Gasteiger partial charge in [-0.25, -0.2) is 13.1 Å². The van der Waals surface area contributed by atoms with Gasteiger partial charge < -0.3 is 5.32 Å². The van der Waals surface area contributed by atoms with Crippen LogP contribution >= 0.6 is 0 Å². The van der Waals surface area contributed by atoms with Crippen molar-refractivity contribution >= 4 is 21.6 Å². The Labute approximate surface area is 179 Å². The van der Waals surface area contributed by atoms with E-state index in [0.29, 0.717) is 12.2 Å². The molecule has 0 spiro atoms. The Balaban J connectivity index is 1.70. The minimum Gasteiger partial charge on any atom is -0.325 e. The number of anilines is 1. The molecule has 1 fully saturated rings. The topological polar surface area (TPSA) is 78.5 Å². The van der Waals surface area contributed by atoms with E-state index < -0.39 is 15.6 Å². The maximum absolute atomic E-state index is 13.0. The van der Waals surface area contributed by atoms with Gasteiger partial charge in [0.25, 0.3) is 0 Å². The van der Waals surface area contributed by atoms with E-state index in [9.17, 15) is 13.2 Å². The molecule has 30 heavy (non-hydrogen) atoms. The normalized spacial score (nSPS) is 18.2. The first-order valence-electron chi connectivity index (χ1n) is 10.3. The average Bonchev–Trinajstić information content (AvgIpc) is 2.67. The summed E-state index contributed by atoms with van der Waals surface area (Å²) in [4.78, 5) is 15.3. The van der Waals surface area contributed by atoms with Crippen LogP contribution in [0.2, 0.25) is 0 Å². The van der Waals surface area contributed by atoms with Gasteiger partial charge in [-0.15, -0.1) is 0 Å². The van der Waals surface area contributed by atoms with Gasteiger partial charge in [-0.1, -0.05) is 42.5 Å². The predicted octanol–water partition coefficient (Wildman–Crippen LogP) is 3.61. The van der Waals surface area contributed by atoms with E-state index in [2.05, 4.69) is 27.1 Å². The summed E-state index contributed by atoms with van der Waals surface area (Å²) in [5.74, 6) is -0.306. The highest BCUT2D eigenvalue weighted by Gasteiger charge is 2.29. The van der Waals surface area contributed by atoms with Crippen molar-refractivity contribution in [1.29, 1.82) is 0 Å². The highest BCUT2D eigenvalue weighted by molar-refractivity contribution is 7.89. The highest BCUT2D eigenvalue weighted by Crippen LogP contribution is 2.25. The first-order chi connectivity index (χ1) is 14.1. The second kappa shape index (κ2) is 9.29. The minimum atomic E-state index is -3.75. The molecule has 1 heterocycles. The Morgan fingerprint density at radius 3 is 2.43 bits per heavy atom.